The van der Waals surface area contributed by atoms with Gasteiger partial charge in [0, 0.05) is 0 Å². The Morgan fingerprint density at radius 3 is 2.33 bits per heavy atom. The summed E-state index contributed by atoms with van der Waals surface area (Å²) in [6.07, 6.45) is -1.60. The summed E-state index contributed by atoms with van der Waals surface area (Å²) >= 11 is 0. The molecule has 0 saturated carbocycles. The Morgan fingerprint density at radius 1 is 1.25 bits per heavy atom. The lowest BCUT2D eigenvalue weighted by atomic mass is 10.3. The maximum Gasteiger partial charge on any atom is 0.555 e. The number of para-hydroxylation sites is 2. The van der Waals surface area contributed by atoms with Gasteiger partial charge in [-0.05, 0) is 12.1 Å². The quantitative estimate of drug-likeness (QED) is 0.496. The van der Waals surface area contributed by atoms with Crippen LogP contribution in [0, 0.1) is 0 Å². The van der Waals surface area contributed by atoms with E-state index in [0.717, 1.165) is 0 Å². The van der Waals surface area contributed by atoms with Crippen molar-refractivity contribution in [1.82, 2.24) is 0 Å². The van der Waals surface area contributed by atoms with Gasteiger partial charge in [0.15, 0.2) is 11.5 Å². The third-order valence-corrected chi connectivity index (χ3v) is 1.26. The highest BCUT2D eigenvalue weighted by Gasteiger charge is 2.07. The Morgan fingerprint density at radius 2 is 1.83 bits per heavy atom. The molecule has 0 saturated heterocycles. The summed E-state index contributed by atoms with van der Waals surface area (Å²) in [7, 11) is 1.43. The van der Waals surface area contributed by atoms with Crippen molar-refractivity contribution < 1.29 is 19.4 Å². The smallest absolute Gasteiger partial charge is 0.493 e. The molecule has 0 amide bonds. The molecule has 63 valence electrons. The molecule has 1 radical (unpaired) electrons. The fourth-order valence-corrected chi connectivity index (χ4v) is 0.793. The first-order valence-corrected chi connectivity index (χ1v) is 3.26. The van der Waals surface area contributed by atoms with Crippen molar-refractivity contribution in [2.75, 3.05) is 7.11 Å². The van der Waals surface area contributed by atoms with E-state index in [0.29, 0.717) is 5.75 Å². The van der Waals surface area contributed by atoms with Gasteiger partial charge in [0.2, 0.25) is 0 Å². The van der Waals surface area contributed by atoms with Crippen LogP contribution < -0.4 is 9.47 Å². The SMILES string of the molecule is COc1ccccc1OC([O])=O. The number of rotatable bonds is 2. The van der Waals surface area contributed by atoms with Crippen molar-refractivity contribution in [1.29, 1.82) is 0 Å². The van der Waals surface area contributed by atoms with Crippen LogP contribution >= 0.6 is 0 Å². The van der Waals surface area contributed by atoms with Crippen LogP contribution in [-0.4, -0.2) is 13.3 Å². The van der Waals surface area contributed by atoms with E-state index in [1.165, 1.54) is 13.2 Å². The van der Waals surface area contributed by atoms with E-state index >= 15 is 0 Å². The second kappa shape index (κ2) is 3.61. The van der Waals surface area contributed by atoms with Crippen LogP contribution in [0.4, 0.5) is 4.79 Å². The van der Waals surface area contributed by atoms with Gasteiger partial charge in [-0.25, -0.2) is 0 Å². The standard InChI is InChI=1S/C8H7O4/c1-11-6-4-2-3-5-7(6)12-8(9)10/h2-5H,1H3. The average Bonchev–Trinajstić information content (AvgIpc) is 2.04. The van der Waals surface area contributed by atoms with Crippen LogP contribution in [0.15, 0.2) is 24.3 Å². The van der Waals surface area contributed by atoms with Crippen LogP contribution in [0.5, 0.6) is 11.5 Å². The molecule has 0 aliphatic rings. The minimum Gasteiger partial charge on any atom is -0.493 e. The molecule has 0 aromatic heterocycles. The highest BCUT2D eigenvalue weighted by molar-refractivity contribution is 5.62. The van der Waals surface area contributed by atoms with Gasteiger partial charge in [0.25, 0.3) is 0 Å². The number of carbonyl (C=O) groups excluding carboxylic acids is 1. The third kappa shape index (κ3) is 1.88. The number of carbonyl (C=O) groups is 1. The molecule has 0 fully saturated rings. The first kappa shape index (κ1) is 8.39. The number of hydrogen-bond donors (Lipinski definition) is 0. The predicted octanol–water partition coefficient (Wildman–Crippen LogP) is 1.62. The minimum atomic E-state index is -1.60. The maximum atomic E-state index is 10.0. The molecule has 1 aromatic carbocycles. The minimum absolute atomic E-state index is 0.139. The fraction of sp³-hybridized carbons (Fsp3) is 0.125. The number of benzene rings is 1. The number of ether oxygens (including phenoxy) is 2. The van der Waals surface area contributed by atoms with Gasteiger partial charge in [0.05, 0.1) is 7.11 Å². The first-order valence-electron chi connectivity index (χ1n) is 3.26. The number of methoxy groups -OCH3 is 1. The zero-order valence-electron chi connectivity index (χ0n) is 6.44. The molecule has 0 bridgehead atoms. The van der Waals surface area contributed by atoms with Gasteiger partial charge in [-0.2, -0.15) is 9.90 Å². The molecule has 1 rings (SSSR count). The molecule has 4 nitrogen and oxygen atoms in total. The van der Waals surface area contributed by atoms with E-state index in [4.69, 9.17) is 4.74 Å². The Balaban J connectivity index is 2.89. The zero-order chi connectivity index (χ0) is 8.97. The van der Waals surface area contributed by atoms with E-state index in [-0.39, 0.29) is 5.75 Å². The summed E-state index contributed by atoms with van der Waals surface area (Å²) in [5.41, 5.74) is 0. The monoisotopic (exact) mass is 167 g/mol. The predicted molar refractivity (Wildman–Crippen MR) is 39.7 cm³/mol. The van der Waals surface area contributed by atoms with Gasteiger partial charge in [-0.3, -0.25) is 0 Å². The van der Waals surface area contributed by atoms with Gasteiger partial charge in [0.1, 0.15) is 0 Å². The maximum absolute atomic E-state index is 10.0. The first-order chi connectivity index (χ1) is 5.74. The summed E-state index contributed by atoms with van der Waals surface area (Å²) in [4.78, 5) is 10.0. The van der Waals surface area contributed by atoms with Crippen molar-refractivity contribution in [3.05, 3.63) is 24.3 Å². The summed E-state index contributed by atoms with van der Waals surface area (Å²) in [5, 5.41) is 10.0. The highest BCUT2D eigenvalue weighted by atomic mass is 16.7. The Bertz CT molecular complexity index is 282. The van der Waals surface area contributed by atoms with Crippen LogP contribution in [0.3, 0.4) is 0 Å². The van der Waals surface area contributed by atoms with E-state index in [9.17, 15) is 9.90 Å². The molecule has 0 spiro atoms. The van der Waals surface area contributed by atoms with E-state index in [1.54, 1.807) is 18.2 Å². The van der Waals surface area contributed by atoms with E-state index < -0.39 is 6.16 Å². The summed E-state index contributed by atoms with van der Waals surface area (Å²) in [6, 6.07) is 6.43. The van der Waals surface area contributed by atoms with Crippen LogP contribution in [0.1, 0.15) is 0 Å². The van der Waals surface area contributed by atoms with Gasteiger partial charge < -0.3 is 9.47 Å². The summed E-state index contributed by atoms with van der Waals surface area (Å²) < 4.78 is 9.15. The van der Waals surface area contributed by atoms with Crippen molar-refractivity contribution >= 4 is 6.16 Å². The van der Waals surface area contributed by atoms with Crippen LogP contribution in [0.2, 0.25) is 0 Å². The van der Waals surface area contributed by atoms with Crippen molar-refractivity contribution in [3.63, 3.8) is 0 Å². The summed E-state index contributed by atoms with van der Waals surface area (Å²) in [5.74, 6) is 0.502. The molecular weight excluding hydrogens is 160 g/mol. The van der Waals surface area contributed by atoms with Crippen molar-refractivity contribution in [2.45, 2.75) is 0 Å². The topological polar surface area (TPSA) is 55.4 Å². The molecule has 4 heteroatoms. The molecule has 1 aromatic rings. The molecule has 0 unspecified atom stereocenters. The molecule has 0 aliphatic heterocycles. The molecule has 0 heterocycles. The molecule has 0 atom stereocenters. The van der Waals surface area contributed by atoms with Crippen LogP contribution in [-0.2, 0) is 5.11 Å². The lowest BCUT2D eigenvalue weighted by Gasteiger charge is -2.04. The van der Waals surface area contributed by atoms with Crippen molar-refractivity contribution in [2.24, 2.45) is 0 Å². The molecule has 0 N–H and O–H groups in total. The Hall–Kier alpha value is -1.71. The van der Waals surface area contributed by atoms with E-state index in [1.807, 2.05) is 0 Å². The number of hydrogen-bond acceptors (Lipinski definition) is 3. The normalized spacial score (nSPS) is 9.08. The molecule has 0 aliphatic carbocycles. The second-order valence-electron chi connectivity index (χ2n) is 2.00. The van der Waals surface area contributed by atoms with E-state index in [2.05, 4.69) is 4.74 Å². The zero-order valence-corrected chi connectivity index (χ0v) is 6.44. The lowest BCUT2D eigenvalue weighted by Crippen LogP contribution is -2.02. The molecule has 12 heavy (non-hydrogen) atoms. The third-order valence-electron chi connectivity index (χ3n) is 1.26. The van der Waals surface area contributed by atoms with Gasteiger partial charge in [-0.15, -0.1) is 0 Å². The molecular formula is C8H7O4. The van der Waals surface area contributed by atoms with Gasteiger partial charge >= 0.3 is 6.16 Å². The van der Waals surface area contributed by atoms with Gasteiger partial charge in [-0.1, -0.05) is 12.1 Å². The summed E-state index contributed by atoms with van der Waals surface area (Å²) in [6.45, 7) is 0. The largest absolute Gasteiger partial charge is 0.555 e. The highest BCUT2D eigenvalue weighted by Crippen LogP contribution is 2.25. The van der Waals surface area contributed by atoms with Crippen molar-refractivity contribution in [3.8, 4) is 11.5 Å². The average molecular weight is 167 g/mol. The fourth-order valence-electron chi connectivity index (χ4n) is 0.793. The second-order valence-corrected chi connectivity index (χ2v) is 2.00. The lowest BCUT2D eigenvalue weighted by molar-refractivity contribution is 0.116. The Kier molecular flexibility index (Phi) is 2.53. The van der Waals surface area contributed by atoms with Crippen LogP contribution in [0.25, 0.3) is 0 Å². The Labute approximate surface area is 69.3 Å².